The van der Waals surface area contributed by atoms with Crippen LogP contribution in [0.2, 0.25) is 0 Å². The number of carbonyl (C=O) groups excluding carboxylic acids is 2. The van der Waals surface area contributed by atoms with Gasteiger partial charge in [0.2, 0.25) is 5.91 Å². The number of hydrogen-bond acceptors (Lipinski definition) is 3. The van der Waals surface area contributed by atoms with Gasteiger partial charge in [0.15, 0.2) is 0 Å². The molecule has 2 N–H and O–H groups in total. The van der Waals surface area contributed by atoms with Crippen molar-refractivity contribution in [2.75, 3.05) is 32.0 Å². The molecule has 1 atom stereocenters. The monoisotopic (exact) mass is 291 g/mol. The van der Waals surface area contributed by atoms with Crippen molar-refractivity contribution < 1.29 is 9.59 Å². The normalized spacial score (nSPS) is 11.8. The average Bonchev–Trinajstić information content (AvgIpc) is 2.48. The molecule has 0 fully saturated rings. The third kappa shape index (κ3) is 4.86. The van der Waals surface area contributed by atoms with Gasteiger partial charge in [-0.15, -0.1) is 0 Å². The van der Waals surface area contributed by atoms with Crippen molar-refractivity contribution in [3.63, 3.8) is 0 Å². The average molecular weight is 291 g/mol. The summed E-state index contributed by atoms with van der Waals surface area (Å²) in [5, 5.41) is 5.82. The van der Waals surface area contributed by atoms with Crippen LogP contribution in [0.5, 0.6) is 0 Å². The summed E-state index contributed by atoms with van der Waals surface area (Å²) in [5.41, 5.74) is 1.25. The number of carbonyl (C=O) groups is 2. The van der Waals surface area contributed by atoms with Crippen LogP contribution in [0.25, 0.3) is 0 Å². The second kappa shape index (κ2) is 8.42. The van der Waals surface area contributed by atoms with Crippen molar-refractivity contribution >= 4 is 17.5 Å². The topological polar surface area (TPSA) is 61.4 Å². The first-order valence-electron chi connectivity index (χ1n) is 7.38. The lowest BCUT2D eigenvalue weighted by atomic mass is 10.1. The fourth-order valence-electron chi connectivity index (χ4n) is 2.09. The maximum absolute atomic E-state index is 12.3. The second-order valence-electron chi connectivity index (χ2n) is 5.01. The smallest absolute Gasteiger partial charge is 0.253 e. The molecule has 1 aromatic rings. The summed E-state index contributed by atoms with van der Waals surface area (Å²) in [6.45, 7) is 7.72. The molecule has 116 valence electrons. The van der Waals surface area contributed by atoms with Gasteiger partial charge in [-0.25, -0.2) is 0 Å². The molecule has 0 aliphatic rings. The summed E-state index contributed by atoms with van der Waals surface area (Å²) in [6.07, 6.45) is 0. The van der Waals surface area contributed by atoms with Gasteiger partial charge < -0.3 is 15.5 Å². The highest BCUT2D eigenvalue weighted by atomic mass is 16.2. The lowest BCUT2D eigenvalue weighted by Crippen LogP contribution is -2.31. The third-order valence-corrected chi connectivity index (χ3v) is 3.39. The van der Waals surface area contributed by atoms with E-state index in [-0.39, 0.29) is 17.7 Å². The van der Waals surface area contributed by atoms with Crippen molar-refractivity contribution in [1.29, 1.82) is 0 Å². The van der Waals surface area contributed by atoms with Crippen LogP contribution in [0, 0.1) is 5.92 Å². The SMILES string of the molecule is CCN(CC)C(=O)c1cccc(NC(=O)C(C)CNC)c1. The van der Waals surface area contributed by atoms with Crippen molar-refractivity contribution in [2.45, 2.75) is 20.8 Å². The highest BCUT2D eigenvalue weighted by molar-refractivity contribution is 5.97. The van der Waals surface area contributed by atoms with Gasteiger partial charge in [0.05, 0.1) is 0 Å². The molecule has 2 amide bonds. The Labute approximate surface area is 126 Å². The molecule has 5 heteroatoms. The van der Waals surface area contributed by atoms with Gasteiger partial charge in [0.25, 0.3) is 5.91 Å². The summed E-state index contributed by atoms with van der Waals surface area (Å²) >= 11 is 0. The summed E-state index contributed by atoms with van der Waals surface area (Å²) in [7, 11) is 1.81. The molecule has 0 radical (unpaired) electrons. The Kier molecular flexibility index (Phi) is 6.88. The molecule has 0 bridgehead atoms. The summed E-state index contributed by atoms with van der Waals surface area (Å²) < 4.78 is 0. The first kappa shape index (κ1) is 17.2. The third-order valence-electron chi connectivity index (χ3n) is 3.39. The molecule has 0 saturated carbocycles. The largest absolute Gasteiger partial charge is 0.339 e. The molecule has 21 heavy (non-hydrogen) atoms. The number of amides is 2. The fraction of sp³-hybridized carbons (Fsp3) is 0.500. The molecular formula is C16H25N3O2. The second-order valence-corrected chi connectivity index (χ2v) is 5.01. The zero-order valence-corrected chi connectivity index (χ0v) is 13.3. The Morgan fingerprint density at radius 2 is 1.90 bits per heavy atom. The number of benzene rings is 1. The van der Waals surface area contributed by atoms with Crippen LogP contribution < -0.4 is 10.6 Å². The predicted molar refractivity (Wildman–Crippen MR) is 85.4 cm³/mol. The van der Waals surface area contributed by atoms with Crippen LogP contribution in [0.4, 0.5) is 5.69 Å². The number of nitrogens with zero attached hydrogens (tertiary/aromatic N) is 1. The Hall–Kier alpha value is -1.88. The summed E-state index contributed by atoms with van der Waals surface area (Å²) in [6, 6.07) is 7.08. The van der Waals surface area contributed by atoms with E-state index in [0.29, 0.717) is 30.9 Å². The lowest BCUT2D eigenvalue weighted by molar-refractivity contribution is -0.119. The maximum Gasteiger partial charge on any atom is 0.253 e. The van der Waals surface area contributed by atoms with E-state index in [1.165, 1.54) is 0 Å². The van der Waals surface area contributed by atoms with Gasteiger partial charge >= 0.3 is 0 Å². The van der Waals surface area contributed by atoms with E-state index in [2.05, 4.69) is 10.6 Å². The maximum atomic E-state index is 12.3. The zero-order valence-electron chi connectivity index (χ0n) is 13.3. The quantitative estimate of drug-likeness (QED) is 0.807. The van der Waals surface area contributed by atoms with E-state index in [1.807, 2.05) is 27.8 Å². The molecular weight excluding hydrogens is 266 g/mol. The van der Waals surface area contributed by atoms with Gasteiger partial charge in [-0.3, -0.25) is 9.59 Å². The molecule has 0 aliphatic heterocycles. The number of hydrogen-bond donors (Lipinski definition) is 2. The molecule has 1 aromatic carbocycles. The molecule has 0 spiro atoms. The highest BCUT2D eigenvalue weighted by Gasteiger charge is 2.15. The molecule has 0 aliphatic carbocycles. The molecule has 5 nitrogen and oxygen atoms in total. The minimum Gasteiger partial charge on any atom is -0.339 e. The van der Waals surface area contributed by atoms with Crippen LogP contribution in [-0.2, 0) is 4.79 Å². The van der Waals surface area contributed by atoms with Crippen molar-refractivity contribution in [2.24, 2.45) is 5.92 Å². The number of anilines is 1. The molecule has 1 rings (SSSR count). The van der Waals surface area contributed by atoms with Gasteiger partial charge in [-0.2, -0.15) is 0 Å². The van der Waals surface area contributed by atoms with Crippen molar-refractivity contribution in [3.05, 3.63) is 29.8 Å². The molecule has 1 unspecified atom stereocenters. The Morgan fingerprint density at radius 3 is 2.48 bits per heavy atom. The standard InChI is InChI=1S/C16H25N3O2/c1-5-19(6-2)16(21)13-8-7-9-14(10-13)18-15(20)12(3)11-17-4/h7-10,12,17H,5-6,11H2,1-4H3,(H,18,20). The fourth-order valence-corrected chi connectivity index (χ4v) is 2.09. The number of rotatable bonds is 7. The first-order chi connectivity index (χ1) is 10.0. The van der Waals surface area contributed by atoms with E-state index < -0.39 is 0 Å². The first-order valence-corrected chi connectivity index (χ1v) is 7.38. The van der Waals surface area contributed by atoms with Crippen LogP contribution in [0.1, 0.15) is 31.1 Å². The van der Waals surface area contributed by atoms with Gasteiger partial charge in [0.1, 0.15) is 0 Å². The van der Waals surface area contributed by atoms with E-state index >= 15 is 0 Å². The van der Waals surface area contributed by atoms with Crippen molar-refractivity contribution in [1.82, 2.24) is 10.2 Å². The number of nitrogens with one attached hydrogen (secondary N) is 2. The Bertz CT molecular complexity index is 484. The zero-order chi connectivity index (χ0) is 15.8. The van der Waals surface area contributed by atoms with E-state index in [1.54, 1.807) is 29.2 Å². The highest BCUT2D eigenvalue weighted by Crippen LogP contribution is 2.14. The van der Waals surface area contributed by atoms with E-state index in [9.17, 15) is 9.59 Å². The minimum atomic E-state index is -0.128. The van der Waals surface area contributed by atoms with Gasteiger partial charge in [0, 0.05) is 36.8 Å². The Morgan fingerprint density at radius 1 is 1.24 bits per heavy atom. The van der Waals surface area contributed by atoms with Crippen LogP contribution >= 0.6 is 0 Å². The summed E-state index contributed by atoms with van der Waals surface area (Å²) in [4.78, 5) is 26.0. The molecule has 0 aromatic heterocycles. The van der Waals surface area contributed by atoms with Crippen LogP contribution in [0.3, 0.4) is 0 Å². The van der Waals surface area contributed by atoms with Crippen molar-refractivity contribution in [3.8, 4) is 0 Å². The van der Waals surface area contributed by atoms with E-state index in [0.717, 1.165) is 0 Å². The lowest BCUT2D eigenvalue weighted by Gasteiger charge is -2.19. The summed E-state index contributed by atoms with van der Waals surface area (Å²) in [5.74, 6) is -0.201. The van der Waals surface area contributed by atoms with E-state index in [4.69, 9.17) is 0 Å². The van der Waals surface area contributed by atoms with Crippen LogP contribution in [-0.4, -0.2) is 43.4 Å². The minimum absolute atomic E-state index is 0.0145. The Balaban J connectivity index is 2.81. The predicted octanol–water partition coefficient (Wildman–Crippen LogP) is 1.96. The molecule has 0 saturated heterocycles. The molecule has 0 heterocycles. The van der Waals surface area contributed by atoms with Gasteiger partial charge in [-0.1, -0.05) is 13.0 Å². The van der Waals surface area contributed by atoms with Gasteiger partial charge in [-0.05, 0) is 39.1 Å². The van der Waals surface area contributed by atoms with Crippen LogP contribution in [0.15, 0.2) is 24.3 Å².